The van der Waals surface area contributed by atoms with Gasteiger partial charge in [0.25, 0.3) is 0 Å². The van der Waals surface area contributed by atoms with Crippen molar-refractivity contribution in [3.05, 3.63) is 22.7 Å². The smallest absolute Gasteiger partial charge is 0.317 e. The van der Waals surface area contributed by atoms with Crippen molar-refractivity contribution in [2.75, 3.05) is 26.7 Å². The number of urea groups is 1. The first-order valence-electron chi connectivity index (χ1n) is 11.2. The van der Waals surface area contributed by atoms with E-state index >= 15 is 0 Å². The minimum atomic E-state index is -3.86. The Morgan fingerprint density at radius 1 is 1.34 bits per heavy atom. The van der Waals surface area contributed by atoms with Gasteiger partial charge in [-0.25, -0.2) is 13.2 Å². The Bertz CT molecular complexity index is 907. The van der Waals surface area contributed by atoms with Gasteiger partial charge in [-0.1, -0.05) is 42.1 Å². The fraction of sp³-hybridized carbons (Fsp3) is 0.682. The zero-order valence-corrected chi connectivity index (χ0v) is 21.4. The minimum absolute atomic E-state index is 0.0622. The average molecular weight is 533 g/mol. The molecule has 1 saturated carbocycles. The van der Waals surface area contributed by atoms with Crippen molar-refractivity contribution in [2.24, 2.45) is 5.92 Å². The van der Waals surface area contributed by atoms with E-state index in [1.54, 1.807) is 31.0 Å². The van der Waals surface area contributed by atoms with Crippen LogP contribution in [0.4, 0.5) is 4.79 Å². The van der Waals surface area contributed by atoms with Crippen molar-refractivity contribution in [1.29, 1.82) is 0 Å². The van der Waals surface area contributed by atoms with Crippen molar-refractivity contribution in [1.82, 2.24) is 14.5 Å². The van der Waals surface area contributed by atoms with Crippen molar-refractivity contribution in [3.8, 4) is 5.75 Å². The molecule has 0 unspecified atom stereocenters. The lowest BCUT2D eigenvalue weighted by molar-refractivity contribution is 0.0805. The maximum absolute atomic E-state index is 13.3. The number of nitrogens with one attached hydrogen (secondary N) is 1. The van der Waals surface area contributed by atoms with Crippen LogP contribution in [0, 0.1) is 5.92 Å². The molecule has 2 aliphatic rings. The van der Waals surface area contributed by atoms with Gasteiger partial charge in [0, 0.05) is 36.1 Å². The molecule has 10 heteroatoms. The number of rotatable bonds is 5. The molecule has 0 aromatic heterocycles. The molecule has 180 valence electrons. The number of fused-ring (bicyclic) bond motifs is 1. The highest BCUT2D eigenvalue weighted by molar-refractivity contribution is 9.10. The molecule has 2 amide bonds. The number of aliphatic hydroxyl groups is 1. The van der Waals surface area contributed by atoms with Crippen molar-refractivity contribution < 1.29 is 23.1 Å². The van der Waals surface area contributed by atoms with E-state index in [-0.39, 0.29) is 41.8 Å². The van der Waals surface area contributed by atoms with E-state index in [0.29, 0.717) is 11.0 Å². The Hall–Kier alpha value is -1.36. The van der Waals surface area contributed by atoms with Crippen LogP contribution in [0.5, 0.6) is 5.75 Å². The number of halogens is 1. The summed E-state index contributed by atoms with van der Waals surface area (Å²) in [6.07, 6.45) is 5.07. The topological polar surface area (TPSA) is 99.2 Å². The molecule has 3 rings (SSSR count). The normalized spacial score (nSPS) is 25.0. The first kappa shape index (κ1) is 25.3. The van der Waals surface area contributed by atoms with E-state index in [0.717, 1.165) is 25.7 Å². The molecule has 2 N–H and O–H groups in total. The predicted octanol–water partition coefficient (Wildman–Crippen LogP) is 3.19. The molecule has 3 atom stereocenters. The highest BCUT2D eigenvalue weighted by Crippen LogP contribution is 2.35. The zero-order chi connectivity index (χ0) is 23.5. The van der Waals surface area contributed by atoms with Crippen LogP contribution in [0.25, 0.3) is 0 Å². The van der Waals surface area contributed by atoms with E-state index in [9.17, 15) is 18.3 Å². The monoisotopic (exact) mass is 531 g/mol. The van der Waals surface area contributed by atoms with Crippen LogP contribution >= 0.6 is 15.9 Å². The molecular formula is C22H34BrN3O5S. The van der Waals surface area contributed by atoms with Crippen LogP contribution in [0.3, 0.4) is 0 Å². The van der Waals surface area contributed by atoms with Gasteiger partial charge in [-0.15, -0.1) is 0 Å². The Morgan fingerprint density at radius 2 is 2.03 bits per heavy atom. The molecule has 1 aliphatic heterocycles. The quantitative estimate of drug-likeness (QED) is 0.607. The second-order valence-corrected chi connectivity index (χ2v) is 11.8. The molecule has 8 nitrogen and oxygen atoms in total. The van der Waals surface area contributed by atoms with Crippen LogP contribution in [-0.4, -0.2) is 73.7 Å². The van der Waals surface area contributed by atoms with Crippen LogP contribution in [-0.2, 0) is 10.0 Å². The van der Waals surface area contributed by atoms with Crippen molar-refractivity contribution in [2.45, 2.75) is 69.0 Å². The van der Waals surface area contributed by atoms with Gasteiger partial charge in [-0.05, 0) is 38.0 Å². The molecule has 0 saturated heterocycles. The van der Waals surface area contributed by atoms with Crippen LogP contribution in [0.1, 0.15) is 46.0 Å². The number of hydrogen-bond donors (Lipinski definition) is 2. The van der Waals surface area contributed by atoms with Gasteiger partial charge in [-0.3, -0.25) is 0 Å². The summed E-state index contributed by atoms with van der Waals surface area (Å²) in [5.74, 6) is 0.0305. The number of hydrogen-bond acceptors (Lipinski definition) is 5. The number of amides is 2. The van der Waals surface area contributed by atoms with Crippen molar-refractivity contribution >= 4 is 32.0 Å². The third-order valence-electron chi connectivity index (χ3n) is 6.36. The number of sulfonamides is 1. The van der Waals surface area contributed by atoms with Gasteiger partial charge >= 0.3 is 6.03 Å². The standard InChI is InChI=1S/C22H34BrN3O5S/c1-15-12-26(16(2)14-27)32(29,30)21-10-9-17(23)11-19(21)31-20(15)13-25(3)22(28)24-18-7-5-4-6-8-18/h9-11,15-16,18,20,27H,4-8,12-14H2,1-3H3,(H,24,28)/t15-,16+,20-/m1/s1. The van der Waals surface area contributed by atoms with Crippen molar-refractivity contribution in [3.63, 3.8) is 0 Å². The predicted molar refractivity (Wildman–Crippen MR) is 126 cm³/mol. The molecule has 1 aromatic rings. The number of nitrogens with zero attached hydrogens (tertiary/aromatic N) is 2. The summed E-state index contributed by atoms with van der Waals surface area (Å²) >= 11 is 3.39. The van der Waals surface area contributed by atoms with Crippen LogP contribution < -0.4 is 10.1 Å². The van der Waals surface area contributed by atoms with E-state index in [1.807, 2.05) is 6.92 Å². The maximum Gasteiger partial charge on any atom is 0.317 e. The summed E-state index contributed by atoms with van der Waals surface area (Å²) in [5, 5.41) is 12.8. The third-order valence-corrected chi connectivity index (χ3v) is 8.88. The first-order valence-corrected chi connectivity index (χ1v) is 13.5. The highest BCUT2D eigenvalue weighted by Gasteiger charge is 2.38. The van der Waals surface area contributed by atoms with Gasteiger partial charge in [-0.2, -0.15) is 4.31 Å². The summed E-state index contributed by atoms with van der Waals surface area (Å²) in [7, 11) is -2.12. The molecule has 32 heavy (non-hydrogen) atoms. The Kier molecular flexibility index (Phi) is 8.46. The Balaban J connectivity index is 1.84. The number of ether oxygens (including phenoxy) is 1. The summed E-state index contributed by atoms with van der Waals surface area (Å²) in [4.78, 5) is 14.5. The number of aliphatic hydroxyl groups excluding tert-OH is 1. The van der Waals surface area contributed by atoms with E-state index in [2.05, 4.69) is 21.2 Å². The van der Waals surface area contributed by atoms with Gasteiger partial charge < -0.3 is 20.1 Å². The highest BCUT2D eigenvalue weighted by atomic mass is 79.9. The Labute approximate surface area is 199 Å². The zero-order valence-electron chi connectivity index (χ0n) is 19.0. The fourth-order valence-corrected chi connectivity index (χ4v) is 6.47. The molecular weight excluding hydrogens is 498 g/mol. The summed E-state index contributed by atoms with van der Waals surface area (Å²) in [6, 6.07) is 4.30. The molecule has 1 fully saturated rings. The average Bonchev–Trinajstić information content (AvgIpc) is 2.76. The number of benzene rings is 1. The molecule has 1 aliphatic carbocycles. The van der Waals surface area contributed by atoms with E-state index in [4.69, 9.17) is 4.74 Å². The largest absolute Gasteiger partial charge is 0.487 e. The second-order valence-electron chi connectivity index (χ2n) is 9.00. The fourth-order valence-electron chi connectivity index (χ4n) is 4.30. The lowest BCUT2D eigenvalue weighted by Gasteiger charge is -2.37. The molecule has 0 spiro atoms. The molecule has 1 heterocycles. The van der Waals surface area contributed by atoms with Gasteiger partial charge in [0.1, 0.15) is 16.7 Å². The van der Waals surface area contributed by atoms with Crippen LogP contribution in [0.2, 0.25) is 0 Å². The number of likely N-dealkylation sites (N-methyl/N-ethyl adjacent to an activating group) is 1. The molecule has 1 aromatic carbocycles. The van der Waals surface area contributed by atoms with Gasteiger partial charge in [0.15, 0.2) is 0 Å². The molecule has 0 bridgehead atoms. The maximum atomic E-state index is 13.3. The minimum Gasteiger partial charge on any atom is -0.487 e. The van der Waals surface area contributed by atoms with E-state index in [1.165, 1.54) is 16.8 Å². The lowest BCUT2D eigenvalue weighted by atomic mass is 9.96. The Morgan fingerprint density at radius 3 is 2.69 bits per heavy atom. The summed E-state index contributed by atoms with van der Waals surface area (Å²) in [6.45, 7) is 3.81. The van der Waals surface area contributed by atoms with Crippen LogP contribution in [0.15, 0.2) is 27.6 Å². The molecule has 0 radical (unpaired) electrons. The van der Waals surface area contributed by atoms with E-state index < -0.39 is 22.2 Å². The van der Waals surface area contributed by atoms with Gasteiger partial charge in [0.2, 0.25) is 10.0 Å². The van der Waals surface area contributed by atoms with Gasteiger partial charge in [0.05, 0.1) is 13.2 Å². The second kappa shape index (κ2) is 10.7. The first-order chi connectivity index (χ1) is 15.1. The third kappa shape index (κ3) is 5.76. The number of carbonyl (C=O) groups is 1. The number of carbonyl (C=O) groups excluding carboxylic acids is 1. The summed E-state index contributed by atoms with van der Waals surface area (Å²) in [5.41, 5.74) is 0. The SMILES string of the molecule is C[C@@H]1CN([C@@H](C)CO)S(=O)(=O)c2ccc(Br)cc2O[C@@H]1CN(C)C(=O)NC1CCCCC1. The summed E-state index contributed by atoms with van der Waals surface area (Å²) < 4.78 is 34.9. The lowest BCUT2D eigenvalue weighted by Crippen LogP contribution is -2.52.